The molecule has 1 aliphatic heterocycles. The molecule has 0 radical (unpaired) electrons. The molecule has 0 aliphatic carbocycles. The lowest BCUT2D eigenvalue weighted by Gasteiger charge is -2.11. The highest BCUT2D eigenvalue weighted by Crippen LogP contribution is 2.37. The Morgan fingerprint density at radius 2 is 2.10 bits per heavy atom. The number of carbonyl (C=O) groups is 2. The summed E-state index contributed by atoms with van der Waals surface area (Å²) in [5.74, 6) is -0.212. The first-order chi connectivity index (χ1) is 15.0. The Labute approximate surface area is 184 Å². The number of benzene rings is 2. The smallest absolute Gasteiger partial charge is 0.243 e. The van der Waals surface area contributed by atoms with E-state index in [9.17, 15) is 9.59 Å². The fourth-order valence-corrected chi connectivity index (χ4v) is 4.66. The number of nitrogens with one attached hydrogen (secondary N) is 2. The summed E-state index contributed by atoms with van der Waals surface area (Å²) in [6, 6.07) is 14.1. The van der Waals surface area contributed by atoms with E-state index in [-0.39, 0.29) is 23.6 Å². The summed E-state index contributed by atoms with van der Waals surface area (Å²) in [7, 11) is 0. The fourth-order valence-electron chi connectivity index (χ4n) is 3.35. The molecule has 0 saturated carbocycles. The van der Waals surface area contributed by atoms with Crippen LogP contribution in [0.1, 0.15) is 22.4 Å². The Hall–Kier alpha value is -3.39. The van der Waals surface area contributed by atoms with Crippen LogP contribution in [0.3, 0.4) is 0 Å². The Bertz CT molecular complexity index is 1140. The summed E-state index contributed by atoms with van der Waals surface area (Å²) in [4.78, 5) is 25.2. The van der Waals surface area contributed by atoms with Gasteiger partial charge < -0.3 is 10.6 Å². The molecule has 2 heterocycles. The SMILES string of the molecule is C=CC(=O)NCc1cn(-c2cccc(CNC(=O)C3Cc4ccc(C)cc4S3)c2)nn1. The molecule has 1 aromatic heterocycles. The van der Waals surface area contributed by atoms with E-state index in [1.807, 2.05) is 24.3 Å². The first kappa shape index (κ1) is 20.9. The summed E-state index contributed by atoms with van der Waals surface area (Å²) < 4.78 is 1.65. The first-order valence-corrected chi connectivity index (χ1v) is 10.8. The van der Waals surface area contributed by atoms with Crippen molar-refractivity contribution in [3.63, 3.8) is 0 Å². The highest BCUT2D eigenvalue weighted by Gasteiger charge is 2.28. The van der Waals surface area contributed by atoms with Gasteiger partial charge in [-0.15, -0.1) is 16.9 Å². The summed E-state index contributed by atoms with van der Waals surface area (Å²) in [5.41, 5.74) is 4.90. The highest BCUT2D eigenvalue weighted by molar-refractivity contribution is 8.01. The Kier molecular flexibility index (Phi) is 6.18. The van der Waals surface area contributed by atoms with Gasteiger partial charge in [0.25, 0.3) is 0 Å². The van der Waals surface area contributed by atoms with Gasteiger partial charge in [-0.25, -0.2) is 4.68 Å². The monoisotopic (exact) mass is 433 g/mol. The Morgan fingerprint density at radius 1 is 1.23 bits per heavy atom. The molecule has 2 N–H and O–H groups in total. The Balaban J connectivity index is 1.35. The molecule has 158 valence electrons. The van der Waals surface area contributed by atoms with Crippen LogP contribution in [0, 0.1) is 6.92 Å². The average Bonchev–Trinajstić information content (AvgIpc) is 3.43. The molecule has 1 unspecified atom stereocenters. The van der Waals surface area contributed by atoms with Crippen LogP contribution in [0.2, 0.25) is 0 Å². The number of fused-ring (bicyclic) bond motifs is 1. The van der Waals surface area contributed by atoms with Crippen molar-refractivity contribution in [1.29, 1.82) is 0 Å². The van der Waals surface area contributed by atoms with Gasteiger partial charge in [0.1, 0.15) is 5.69 Å². The van der Waals surface area contributed by atoms with Crippen molar-refractivity contribution in [1.82, 2.24) is 25.6 Å². The van der Waals surface area contributed by atoms with Crippen LogP contribution in [0.15, 0.2) is 66.2 Å². The molecule has 1 aliphatic rings. The molecule has 2 amide bonds. The normalized spacial score (nSPS) is 14.7. The standard InChI is InChI=1S/C23H23N5O2S/c1-3-22(29)24-13-18-14-28(27-26-18)19-6-4-5-16(10-19)12-25-23(30)21-11-17-8-7-15(2)9-20(17)31-21/h3-10,14,21H,1,11-13H2,2H3,(H,24,29)(H,25,30). The quantitative estimate of drug-likeness (QED) is 0.560. The van der Waals surface area contributed by atoms with Gasteiger partial charge in [-0.2, -0.15) is 0 Å². The van der Waals surface area contributed by atoms with Crippen LogP contribution < -0.4 is 10.6 Å². The third kappa shape index (κ3) is 5.03. The number of hydrogen-bond acceptors (Lipinski definition) is 5. The zero-order valence-electron chi connectivity index (χ0n) is 17.2. The maximum Gasteiger partial charge on any atom is 0.243 e. The van der Waals surface area contributed by atoms with Gasteiger partial charge >= 0.3 is 0 Å². The number of aryl methyl sites for hydroxylation is 1. The lowest BCUT2D eigenvalue weighted by atomic mass is 10.1. The largest absolute Gasteiger partial charge is 0.351 e. The third-order valence-corrected chi connectivity index (χ3v) is 6.30. The molecular weight excluding hydrogens is 410 g/mol. The molecule has 7 nitrogen and oxygen atoms in total. The minimum absolute atomic E-state index is 0.0465. The van der Waals surface area contributed by atoms with Crippen molar-refractivity contribution >= 4 is 23.6 Å². The zero-order valence-corrected chi connectivity index (χ0v) is 18.0. The number of thioether (sulfide) groups is 1. The Morgan fingerprint density at radius 3 is 2.94 bits per heavy atom. The van der Waals surface area contributed by atoms with E-state index in [1.54, 1.807) is 22.6 Å². The fraction of sp³-hybridized carbons (Fsp3) is 0.217. The molecule has 3 aromatic rings. The number of carbonyl (C=O) groups excluding carboxylic acids is 2. The van der Waals surface area contributed by atoms with E-state index in [1.165, 1.54) is 22.1 Å². The van der Waals surface area contributed by atoms with Crippen LogP contribution in [-0.2, 0) is 29.1 Å². The number of rotatable bonds is 7. The van der Waals surface area contributed by atoms with Crippen molar-refractivity contribution in [3.05, 3.63) is 83.7 Å². The molecule has 2 aromatic carbocycles. The van der Waals surface area contributed by atoms with Gasteiger partial charge in [-0.05, 0) is 48.7 Å². The van der Waals surface area contributed by atoms with Crippen molar-refractivity contribution in [2.45, 2.75) is 36.6 Å². The van der Waals surface area contributed by atoms with E-state index in [0.717, 1.165) is 17.7 Å². The highest BCUT2D eigenvalue weighted by atomic mass is 32.2. The molecule has 0 fully saturated rings. The molecule has 0 spiro atoms. The third-order valence-electron chi connectivity index (χ3n) is 5.00. The molecule has 0 bridgehead atoms. The predicted molar refractivity (Wildman–Crippen MR) is 120 cm³/mol. The zero-order chi connectivity index (χ0) is 21.8. The molecule has 31 heavy (non-hydrogen) atoms. The molecule has 1 atom stereocenters. The van der Waals surface area contributed by atoms with Crippen molar-refractivity contribution in [2.75, 3.05) is 0 Å². The summed E-state index contributed by atoms with van der Waals surface area (Å²) in [5, 5.41) is 13.8. The van der Waals surface area contributed by atoms with E-state index in [2.05, 4.69) is 52.6 Å². The van der Waals surface area contributed by atoms with E-state index >= 15 is 0 Å². The topological polar surface area (TPSA) is 88.9 Å². The second-order valence-electron chi connectivity index (χ2n) is 7.39. The van der Waals surface area contributed by atoms with Crippen LogP contribution in [0.4, 0.5) is 0 Å². The lowest BCUT2D eigenvalue weighted by molar-refractivity contribution is -0.120. The van der Waals surface area contributed by atoms with Gasteiger partial charge in [0, 0.05) is 11.4 Å². The maximum atomic E-state index is 12.7. The second-order valence-corrected chi connectivity index (χ2v) is 8.63. The minimum Gasteiger partial charge on any atom is -0.351 e. The number of amides is 2. The van der Waals surface area contributed by atoms with Crippen molar-refractivity contribution in [3.8, 4) is 5.69 Å². The minimum atomic E-state index is -0.258. The van der Waals surface area contributed by atoms with Crippen LogP contribution in [-0.4, -0.2) is 32.1 Å². The lowest BCUT2D eigenvalue weighted by Crippen LogP contribution is -2.32. The maximum absolute atomic E-state index is 12.7. The van der Waals surface area contributed by atoms with Crippen molar-refractivity contribution in [2.24, 2.45) is 0 Å². The number of nitrogens with zero attached hydrogens (tertiary/aromatic N) is 3. The molecule has 4 rings (SSSR count). The van der Waals surface area contributed by atoms with Crippen LogP contribution >= 0.6 is 11.8 Å². The van der Waals surface area contributed by atoms with E-state index < -0.39 is 0 Å². The summed E-state index contributed by atoms with van der Waals surface area (Å²) in [6.45, 7) is 6.21. The summed E-state index contributed by atoms with van der Waals surface area (Å²) >= 11 is 1.63. The predicted octanol–water partition coefficient (Wildman–Crippen LogP) is 2.71. The van der Waals surface area contributed by atoms with E-state index in [0.29, 0.717) is 12.2 Å². The van der Waals surface area contributed by atoms with Gasteiger partial charge in [0.15, 0.2) is 0 Å². The molecule has 0 saturated heterocycles. The van der Waals surface area contributed by atoms with Crippen LogP contribution in [0.25, 0.3) is 5.69 Å². The van der Waals surface area contributed by atoms with E-state index in [4.69, 9.17) is 0 Å². The number of hydrogen-bond donors (Lipinski definition) is 2. The summed E-state index contributed by atoms with van der Waals surface area (Å²) in [6.07, 6.45) is 3.73. The van der Waals surface area contributed by atoms with Gasteiger partial charge in [0.2, 0.25) is 11.8 Å². The van der Waals surface area contributed by atoms with Gasteiger partial charge in [-0.3, -0.25) is 9.59 Å². The molecule has 8 heteroatoms. The first-order valence-electron chi connectivity index (χ1n) is 9.96. The van der Waals surface area contributed by atoms with Gasteiger partial charge in [0.05, 0.1) is 23.7 Å². The molecular formula is C23H23N5O2S. The van der Waals surface area contributed by atoms with Crippen LogP contribution in [0.5, 0.6) is 0 Å². The average molecular weight is 434 g/mol. The van der Waals surface area contributed by atoms with Crippen molar-refractivity contribution < 1.29 is 9.59 Å². The number of aromatic nitrogens is 3. The second kappa shape index (κ2) is 9.18. The van der Waals surface area contributed by atoms with Gasteiger partial charge in [-0.1, -0.05) is 41.6 Å².